The maximum Gasteiger partial charge on any atom is 0.222 e. The van der Waals surface area contributed by atoms with E-state index in [1.165, 1.54) is 0 Å². The van der Waals surface area contributed by atoms with E-state index in [1.54, 1.807) is 12.1 Å². The van der Waals surface area contributed by atoms with Crippen LogP contribution in [-0.2, 0) is 0 Å². The second-order valence-electron chi connectivity index (χ2n) is 3.50. The summed E-state index contributed by atoms with van der Waals surface area (Å²) in [5.74, 6) is 0.861. The van der Waals surface area contributed by atoms with Gasteiger partial charge in [-0.1, -0.05) is 27.5 Å². The van der Waals surface area contributed by atoms with Crippen LogP contribution >= 0.6 is 27.5 Å². The van der Waals surface area contributed by atoms with Crippen molar-refractivity contribution >= 4 is 45.0 Å². The Morgan fingerprint density at radius 1 is 1.29 bits per heavy atom. The Bertz CT molecular complexity index is 539. The molecule has 3 N–H and O–H groups in total. The summed E-state index contributed by atoms with van der Waals surface area (Å²) in [5.41, 5.74) is 7.14. The highest BCUT2D eigenvalue weighted by molar-refractivity contribution is 9.10. The molecule has 0 aliphatic rings. The first-order chi connectivity index (χ1) is 8.04. The van der Waals surface area contributed by atoms with Crippen LogP contribution in [0.25, 0.3) is 0 Å². The van der Waals surface area contributed by atoms with E-state index in [0.717, 1.165) is 15.9 Å². The normalized spacial score (nSPS) is 10.3. The second kappa shape index (κ2) is 4.89. The van der Waals surface area contributed by atoms with Gasteiger partial charge in [-0.15, -0.1) is 0 Å². The summed E-state index contributed by atoms with van der Waals surface area (Å²) in [5, 5.41) is 3.70. The minimum Gasteiger partial charge on any atom is -0.368 e. The molecular formula is C11H10BrClN4. The quantitative estimate of drug-likeness (QED) is 0.890. The van der Waals surface area contributed by atoms with E-state index in [0.29, 0.717) is 10.8 Å². The van der Waals surface area contributed by atoms with E-state index in [4.69, 9.17) is 17.3 Å². The van der Waals surface area contributed by atoms with Crippen molar-refractivity contribution in [3.8, 4) is 0 Å². The van der Waals surface area contributed by atoms with E-state index >= 15 is 0 Å². The molecule has 0 bridgehead atoms. The first-order valence-corrected chi connectivity index (χ1v) is 6.05. The van der Waals surface area contributed by atoms with Crippen molar-refractivity contribution in [2.45, 2.75) is 6.92 Å². The van der Waals surface area contributed by atoms with Gasteiger partial charge in [0, 0.05) is 16.2 Å². The van der Waals surface area contributed by atoms with Gasteiger partial charge in [0.2, 0.25) is 5.95 Å². The van der Waals surface area contributed by atoms with Crippen molar-refractivity contribution in [3.63, 3.8) is 0 Å². The lowest BCUT2D eigenvalue weighted by Crippen LogP contribution is -2.01. The van der Waals surface area contributed by atoms with Crippen LogP contribution in [0.1, 0.15) is 5.69 Å². The van der Waals surface area contributed by atoms with Crippen LogP contribution in [0.5, 0.6) is 0 Å². The van der Waals surface area contributed by atoms with Crippen LogP contribution < -0.4 is 11.1 Å². The molecule has 0 aliphatic carbocycles. The van der Waals surface area contributed by atoms with Crippen molar-refractivity contribution in [2.24, 2.45) is 0 Å². The summed E-state index contributed by atoms with van der Waals surface area (Å²) in [6.07, 6.45) is 0. The summed E-state index contributed by atoms with van der Waals surface area (Å²) < 4.78 is 0.923. The molecule has 6 heteroatoms. The number of aromatic nitrogens is 2. The van der Waals surface area contributed by atoms with Gasteiger partial charge in [0.15, 0.2) is 0 Å². The maximum atomic E-state index is 6.09. The molecule has 0 fully saturated rings. The van der Waals surface area contributed by atoms with Crippen LogP contribution in [0.2, 0.25) is 5.02 Å². The molecule has 0 radical (unpaired) electrons. The lowest BCUT2D eigenvalue weighted by Gasteiger charge is -2.08. The van der Waals surface area contributed by atoms with Crippen LogP contribution in [-0.4, -0.2) is 9.97 Å². The largest absolute Gasteiger partial charge is 0.368 e. The number of nitrogens with two attached hydrogens (primary N) is 1. The van der Waals surface area contributed by atoms with Crippen molar-refractivity contribution in [3.05, 3.63) is 39.5 Å². The number of nitrogens with zero attached hydrogens (tertiary/aromatic N) is 2. The number of halogens is 2. The van der Waals surface area contributed by atoms with Gasteiger partial charge in [0.1, 0.15) is 5.82 Å². The minimum absolute atomic E-state index is 0.237. The van der Waals surface area contributed by atoms with Crippen molar-refractivity contribution in [1.29, 1.82) is 0 Å². The summed E-state index contributed by atoms with van der Waals surface area (Å²) in [7, 11) is 0. The lowest BCUT2D eigenvalue weighted by molar-refractivity contribution is 1.12. The highest BCUT2D eigenvalue weighted by Gasteiger charge is 2.04. The molecule has 0 amide bonds. The van der Waals surface area contributed by atoms with Gasteiger partial charge in [-0.2, -0.15) is 4.98 Å². The summed E-state index contributed by atoms with van der Waals surface area (Å²) in [6, 6.07) is 7.36. The third-order valence-corrected chi connectivity index (χ3v) is 2.87. The zero-order valence-electron chi connectivity index (χ0n) is 9.04. The number of nitrogens with one attached hydrogen (secondary N) is 1. The van der Waals surface area contributed by atoms with Crippen molar-refractivity contribution < 1.29 is 0 Å². The van der Waals surface area contributed by atoms with Gasteiger partial charge in [-0.05, 0) is 25.1 Å². The predicted molar refractivity (Wildman–Crippen MR) is 73.6 cm³/mol. The van der Waals surface area contributed by atoms with Gasteiger partial charge < -0.3 is 11.1 Å². The number of hydrogen-bond donors (Lipinski definition) is 2. The van der Waals surface area contributed by atoms with Crippen LogP contribution in [0.4, 0.5) is 17.5 Å². The Morgan fingerprint density at radius 3 is 2.71 bits per heavy atom. The van der Waals surface area contributed by atoms with Gasteiger partial charge in [0.05, 0.1) is 10.7 Å². The fraction of sp³-hybridized carbons (Fsp3) is 0.0909. The van der Waals surface area contributed by atoms with E-state index in [9.17, 15) is 0 Å². The second-order valence-corrected chi connectivity index (χ2v) is 4.82. The number of nitrogen functional groups attached to an aromatic ring is 1. The third-order valence-electron chi connectivity index (χ3n) is 2.07. The van der Waals surface area contributed by atoms with Gasteiger partial charge in [-0.25, -0.2) is 4.98 Å². The summed E-state index contributed by atoms with van der Waals surface area (Å²) in [4.78, 5) is 8.08. The fourth-order valence-corrected chi connectivity index (χ4v) is 2.11. The molecule has 88 valence electrons. The maximum absolute atomic E-state index is 6.09. The molecule has 0 atom stereocenters. The number of benzene rings is 1. The number of aryl methyl sites for hydroxylation is 1. The monoisotopic (exact) mass is 312 g/mol. The Morgan fingerprint density at radius 2 is 2.06 bits per heavy atom. The topological polar surface area (TPSA) is 63.8 Å². The molecule has 1 aromatic heterocycles. The average Bonchev–Trinajstić information content (AvgIpc) is 2.21. The van der Waals surface area contributed by atoms with Gasteiger partial charge in [0.25, 0.3) is 0 Å². The Balaban J connectivity index is 2.31. The summed E-state index contributed by atoms with van der Waals surface area (Å²) in [6.45, 7) is 1.85. The molecule has 17 heavy (non-hydrogen) atoms. The van der Waals surface area contributed by atoms with Crippen molar-refractivity contribution in [2.75, 3.05) is 11.1 Å². The standard InChI is InChI=1S/C11H10BrClN4/c1-6-4-10(17-11(14)15-6)16-9-3-2-7(12)5-8(9)13/h2-5H,1H3,(H3,14,15,16,17). The SMILES string of the molecule is Cc1cc(Nc2ccc(Br)cc2Cl)nc(N)n1. The Hall–Kier alpha value is -1.33. The first-order valence-electron chi connectivity index (χ1n) is 4.88. The zero-order valence-corrected chi connectivity index (χ0v) is 11.4. The molecular weight excluding hydrogens is 304 g/mol. The molecule has 0 aliphatic heterocycles. The van der Waals surface area contributed by atoms with Crippen LogP contribution in [0.15, 0.2) is 28.7 Å². The van der Waals surface area contributed by atoms with Gasteiger partial charge in [-0.3, -0.25) is 0 Å². The molecule has 0 unspecified atom stereocenters. The molecule has 1 heterocycles. The Labute approximate surface area is 112 Å². The molecule has 2 aromatic rings. The number of rotatable bonds is 2. The molecule has 0 spiro atoms. The Kier molecular flexibility index (Phi) is 3.49. The smallest absolute Gasteiger partial charge is 0.222 e. The average molecular weight is 314 g/mol. The van der Waals surface area contributed by atoms with Crippen LogP contribution in [0.3, 0.4) is 0 Å². The van der Waals surface area contributed by atoms with E-state index in [1.807, 2.05) is 19.1 Å². The third kappa shape index (κ3) is 3.08. The number of anilines is 3. The van der Waals surface area contributed by atoms with Crippen LogP contribution in [0, 0.1) is 6.92 Å². The van der Waals surface area contributed by atoms with E-state index in [2.05, 4.69) is 31.2 Å². The van der Waals surface area contributed by atoms with E-state index < -0.39 is 0 Å². The number of hydrogen-bond acceptors (Lipinski definition) is 4. The van der Waals surface area contributed by atoms with Crippen molar-refractivity contribution in [1.82, 2.24) is 9.97 Å². The molecule has 4 nitrogen and oxygen atoms in total. The van der Waals surface area contributed by atoms with Gasteiger partial charge >= 0.3 is 0 Å². The fourth-order valence-electron chi connectivity index (χ4n) is 1.38. The minimum atomic E-state index is 0.237. The molecule has 0 saturated heterocycles. The summed E-state index contributed by atoms with van der Waals surface area (Å²) >= 11 is 9.44. The predicted octanol–water partition coefficient (Wildman–Crippen LogP) is 3.53. The van der Waals surface area contributed by atoms with E-state index in [-0.39, 0.29) is 5.95 Å². The first kappa shape index (κ1) is 12.1. The highest BCUT2D eigenvalue weighted by Crippen LogP contribution is 2.28. The molecule has 2 rings (SSSR count). The zero-order chi connectivity index (χ0) is 12.4. The lowest BCUT2D eigenvalue weighted by atomic mass is 10.3. The molecule has 0 saturated carbocycles. The highest BCUT2D eigenvalue weighted by atomic mass is 79.9. The molecule has 1 aromatic carbocycles.